The van der Waals surface area contributed by atoms with Crippen molar-refractivity contribution in [1.29, 1.82) is 0 Å². The lowest BCUT2D eigenvalue weighted by Gasteiger charge is -2.11. The summed E-state index contributed by atoms with van der Waals surface area (Å²) in [5.74, 6) is -1.29. The first-order valence-electron chi connectivity index (χ1n) is 8.39. The van der Waals surface area contributed by atoms with Crippen molar-refractivity contribution < 1.29 is 36.2 Å². The van der Waals surface area contributed by atoms with Crippen LogP contribution in [0.1, 0.15) is 11.3 Å². The van der Waals surface area contributed by atoms with Gasteiger partial charge in [0.15, 0.2) is 22.3 Å². The molecule has 0 saturated heterocycles. The molecule has 0 bridgehead atoms. The van der Waals surface area contributed by atoms with Gasteiger partial charge >= 0.3 is 6.18 Å². The Kier molecular flexibility index (Phi) is 5.37. The highest BCUT2D eigenvalue weighted by molar-refractivity contribution is 7.98. The summed E-state index contributed by atoms with van der Waals surface area (Å²) in [6.07, 6.45) is -4.77. The summed E-state index contributed by atoms with van der Waals surface area (Å²) in [4.78, 5) is 7.36. The molecule has 1 aromatic heterocycles. The van der Waals surface area contributed by atoms with Crippen molar-refractivity contribution >= 4 is 11.8 Å². The normalized spacial score (nSPS) is 12.8. The van der Waals surface area contributed by atoms with Gasteiger partial charge in [0.25, 0.3) is 0 Å². The van der Waals surface area contributed by atoms with E-state index in [1.54, 1.807) is 6.07 Å². The molecule has 1 aliphatic rings. The number of fused-ring (bicyclic) bond motifs is 1. The van der Waals surface area contributed by atoms with Crippen molar-refractivity contribution in [3.8, 4) is 23.1 Å². The van der Waals surface area contributed by atoms with Crippen LogP contribution in [0.15, 0.2) is 47.6 Å². The third kappa shape index (κ3) is 4.40. The minimum absolute atomic E-state index is 0.0257. The van der Waals surface area contributed by atoms with Crippen LogP contribution in [-0.4, -0.2) is 16.8 Å². The van der Waals surface area contributed by atoms with Gasteiger partial charge in [0.05, 0.1) is 0 Å². The van der Waals surface area contributed by atoms with Gasteiger partial charge < -0.3 is 14.2 Å². The van der Waals surface area contributed by atoms with E-state index in [0.717, 1.165) is 12.1 Å². The first-order valence-corrected chi connectivity index (χ1v) is 9.37. The summed E-state index contributed by atoms with van der Waals surface area (Å²) < 4.78 is 83.1. The fourth-order valence-corrected chi connectivity index (χ4v) is 3.40. The van der Waals surface area contributed by atoms with E-state index in [-0.39, 0.29) is 34.9 Å². The topological polar surface area (TPSA) is 53.5 Å². The predicted molar refractivity (Wildman–Crippen MR) is 95.6 cm³/mol. The lowest BCUT2D eigenvalue weighted by atomic mass is 10.2. The zero-order valence-electron chi connectivity index (χ0n) is 14.9. The van der Waals surface area contributed by atoms with Crippen LogP contribution < -0.4 is 14.2 Å². The first-order chi connectivity index (χ1) is 14.3. The van der Waals surface area contributed by atoms with Crippen molar-refractivity contribution in [2.45, 2.75) is 17.1 Å². The van der Waals surface area contributed by atoms with Crippen molar-refractivity contribution in [1.82, 2.24) is 9.97 Å². The number of halogens is 5. The zero-order chi connectivity index (χ0) is 21.3. The molecule has 156 valence electrons. The Morgan fingerprint density at radius 2 is 1.70 bits per heavy atom. The van der Waals surface area contributed by atoms with Gasteiger partial charge in [-0.25, -0.2) is 13.8 Å². The van der Waals surface area contributed by atoms with Crippen LogP contribution in [0.4, 0.5) is 22.0 Å². The Bertz CT molecular complexity index is 1070. The number of alkyl halides is 3. The maximum Gasteiger partial charge on any atom is 0.433 e. The molecule has 0 radical (unpaired) electrons. The largest absolute Gasteiger partial charge is 0.454 e. The van der Waals surface area contributed by atoms with Crippen LogP contribution in [0.3, 0.4) is 0 Å². The van der Waals surface area contributed by atoms with Crippen LogP contribution >= 0.6 is 11.8 Å². The summed E-state index contributed by atoms with van der Waals surface area (Å²) in [6, 6.07) is 8.40. The molecule has 1 aliphatic heterocycles. The van der Waals surface area contributed by atoms with E-state index >= 15 is 0 Å². The van der Waals surface area contributed by atoms with Gasteiger partial charge in [-0.1, -0.05) is 17.8 Å². The molecular weight excluding hydrogens is 431 g/mol. The second kappa shape index (κ2) is 7.98. The lowest BCUT2D eigenvalue weighted by molar-refractivity contribution is -0.141. The Morgan fingerprint density at radius 1 is 0.967 bits per heavy atom. The van der Waals surface area contributed by atoms with E-state index in [4.69, 9.17) is 14.2 Å². The van der Waals surface area contributed by atoms with Crippen molar-refractivity contribution in [3.63, 3.8) is 0 Å². The molecule has 4 rings (SSSR count). The zero-order valence-corrected chi connectivity index (χ0v) is 15.7. The average molecular weight is 442 g/mol. The minimum Gasteiger partial charge on any atom is -0.454 e. The van der Waals surface area contributed by atoms with Gasteiger partial charge in [-0.2, -0.15) is 18.2 Å². The Labute approximate surface area is 170 Å². The van der Waals surface area contributed by atoms with E-state index in [0.29, 0.717) is 29.3 Å². The van der Waals surface area contributed by atoms with Gasteiger partial charge in [0.1, 0.15) is 17.4 Å². The number of nitrogens with zero attached hydrogens (tertiary/aromatic N) is 2. The third-order valence-electron chi connectivity index (χ3n) is 3.95. The highest BCUT2D eigenvalue weighted by Crippen LogP contribution is 2.38. The number of aromatic nitrogens is 2. The van der Waals surface area contributed by atoms with E-state index in [1.165, 1.54) is 18.2 Å². The lowest BCUT2D eigenvalue weighted by Crippen LogP contribution is -2.10. The van der Waals surface area contributed by atoms with E-state index in [1.807, 2.05) is 0 Å². The molecule has 11 heteroatoms. The quantitative estimate of drug-likeness (QED) is 0.292. The summed E-state index contributed by atoms with van der Waals surface area (Å²) in [5, 5.41) is -0.344. The Balaban J connectivity index is 1.61. The number of benzene rings is 2. The third-order valence-corrected chi connectivity index (χ3v) is 4.82. The van der Waals surface area contributed by atoms with Crippen LogP contribution in [0, 0.1) is 11.6 Å². The minimum atomic E-state index is -4.77. The van der Waals surface area contributed by atoms with Gasteiger partial charge in [-0.05, 0) is 24.3 Å². The molecule has 0 spiro atoms. The molecule has 0 amide bonds. The van der Waals surface area contributed by atoms with E-state index in [9.17, 15) is 22.0 Å². The van der Waals surface area contributed by atoms with Gasteiger partial charge in [-0.15, -0.1) is 0 Å². The van der Waals surface area contributed by atoms with E-state index in [2.05, 4.69) is 9.97 Å². The molecule has 0 aliphatic carbocycles. The highest BCUT2D eigenvalue weighted by Gasteiger charge is 2.34. The molecule has 5 nitrogen and oxygen atoms in total. The van der Waals surface area contributed by atoms with Crippen LogP contribution in [0.25, 0.3) is 0 Å². The number of hydrogen-bond acceptors (Lipinski definition) is 6. The first kappa shape index (κ1) is 20.2. The fourth-order valence-electron chi connectivity index (χ4n) is 2.53. The second-order valence-electron chi connectivity index (χ2n) is 5.98. The molecule has 2 aromatic carbocycles. The predicted octanol–water partition coefficient (Wildman–Crippen LogP) is 5.59. The van der Waals surface area contributed by atoms with Crippen LogP contribution in [0.5, 0.6) is 23.1 Å². The smallest absolute Gasteiger partial charge is 0.433 e. The van der Waals surface area contributed by atoms with Gasteiger partial charge in [-0.3, -0.25) is 0 Å². The standard InChI is InChI=1S/C19H11F5N2O3S/c20-12-2-1-3-13(21)11(12)8-30-18-25-16(19(22,23)24)7-17(26-18)29-10-4-5-14-15(6-10)28-9-27-14/h1-7H,8-9H2. The van der Waals surface area contributed by atoms with Crippen molar-refractivity contribution in [2.24, 2.45) is 0 Å². The Hall–Kier alpha value is -3.08. The van der Waals surface area contributed by atoms with Crippen LogP contribution in [0.2, 0.25) is 0 Å². The van der Waals surface area contributed by atoms with Crippen molar-refractivity contribution in [3.05, 3.63) is 65.4 Å². The molecule has 0 N–H and O–H groups in total. The monoisotopic (exact) mass is 442 g/mol. The van der Waals surface area contributed by atoms with E-state index < -0.39 is 23.5 Å². The summed E-state index contributed by atoms with van der Waals surface area (Å²) in [6.45, 7) is 0.0257. The molecular formula is C19H11F5N2O3S. The molecule has 0 unspecified atom stereocenters. The average Bonchev–Trinajstić information content (AvgIpc) is 3.14. The maximum absolute atomic E-state index is 13.8. The number of hydrogen-bond donors (Lipinski definition) is 0. The number of rotatable bonds is 5. The Morgan fingerprint density at radius 3 is 2.43 bits per heavy atom. The molecule has 3 aromatic rings. The molecule has 2 heterocycles. The summed E-state index contributed by atoms with van der Waals surface area (Å²) in [5.41, 5.74) is -1.54. The number of thioether (sulfide) groups is 1. The number of ether oxygens (including phenoxy) is 3. The van der Waals surface area contributed by atoms with Gasteiger partial charge in [0.2, 0.25) is 12.7 Å². The maximum atomic E-state index is 13.8. The fraction of sp³-hybridized carbons (Fsp3) is 0.158. The molecule has 30 heavy (non-hydrogen) atoms. The summed E-state index contributed by atoms with van der Waals surface area (Å²) >= 11 is 0.650. The second-order valence-corrected chi connectivity index (χ2v) is 6.92. The SMILES string of the molecule is Fc1cccc(F)c1CSc1nc(Oc2ccc3c(c2)OCO3)cc(C(F)(F)F)n1. The van der Waals surface area contributed by atoms with Crippen LogP contribution in [-0.2, 0) is 11.9 Å². The summed E-state index contributed by atoms with van der Waals surface area (Å²) in [7, 11) is 0. The molecule has 0 saturated carbocycles. The highest BCUT2D eigenvalue weighted by atomic mass is 32.2. The molecule has 0 fully saturated rings. The molecule has 0 atom stereocenters. The van der Waals surface area contributed by atoms with Gasteiger partial charge in [0, 0.05) is 23.4 Å². The van der Waals surface area contributed by atoms with Crippen molar-refractivity contribution in [2.75, 3.05) is 6.79 Å².